The van der Waals surface area contributed by atoms with Crippen molar-refractivity contribution in [1.29, 1.82) is 0 Å². The number of aliphatic hydroxyl groups excluding tert-OH is 3. The van der Waals surface area contributed by atoms with E-state index in [9.17, 15) is 15.3 Å². The molecule has 1 aromatic rings. The first-order valence-corrected chi connectivity index (χ1v) is 22.8. The van der Waals surface area contributed by atoms with Crippen molar-refractivity contribution in [3.8, 4) is 0 Å². The zero-order chi connectivity index (χ0) is 42.6. The number of aromatic nitrogens is 3. The quantitative estimate of drug-likeness (QED) is 0.0996. The summed E-state index contributed by atoms with van der Waals surface area (Å²) in [6.07, 6.45) is 5.88. The summed E-state index contributed by atoms with van der Waals surface area (Å²) in [5.41, 5.74) is -0.233. The predicted molar refractivity (Wildman–Crippen MR) is 237 cm³/mol. The van der Waals surface area contributed by atoms with Crippen LogP contribution in [0.15, 0.2) is 0 Å². The van der Waals surface area contributed by atoms with Crippen molar-refractivity contribution in [3.63, 3.8) is 0 Å². The number of nitrogens with one attached hydrogen (secondary N) is 3. The van der Waals surface area contributed by atoms with E-state index in [1.54, 1.807) is 0 Å². The lowest BCUT2D eigenvalue weighted by molar-refractivity contribution is 0.154. The largest absolute Gasteiger partial charge is 0.393 e. The van der Waals surface area contributed by atoms with Gasteiger partial charge in [0.2, 0.25) is 17.8 Å². The van der Waals surface area contributed by atoms with Gasteiger partial charge < -0.3 is 46.0 Å². The molecule has 3 fully saturated rings. The maximum atomic E-state index is 11.1. The summed E-state index contributed by atoms with van der Waals surface area (Å²) in [7, 11) is 0. The van der Waals surface area contributed by atoms with Crippen molar-refractivity contribution in [2.75, 3.05) is 34.3 Å². The highest BCUT2D eigenvalue weighted by molar-refractivity contribution is 5.51. The fraction of sp³-hybridized carbons (Fsp3) is 0.933. The summed E-state index contributed by atoms with van der Waals surface area (Å²) in [6.45, 7) is 35.6. The molecule has 57 heavy (non-hydrogen) atoms. The molecular formula is C45H87N9O3. The second-order valence-corrected chi connectivity index (χ2v) is 21.5. The van der Waals surface area contributed by atoms with Crippen LogP contribution >= 0.6 is 0 Å². The molecule has 0 aromatic carbocycles. The molecule has 6 N–H and O–H groups in total. The minimum absolute atomic E-state index is 0.0127. The lowest BCUT2D eigenvalue weighted by atomic mass is 9.85. The third-order valence-electron chi connectivity index (χ3n) is 13.1. The summed E-state index contributed by atoms with van der Waals surface area (Å²) in [6, 6.07) is 0.392. The SMILES string of the molecule is CC(O)CC(C(C)C)N(c1nc(N(C2CCNC(C)(C)C2)C(CC(C)O)C(C)C)nc(N(C2CCNC(C)(C)C2)C(CC(C)O)C(C)C)n1)C1CCNC(C)(C)C1. The Balaban J connectivity index is 2.13. The smallest absolute Gasteiger partial charge is 0.232 e. The van der Waals surface area contributed by atoms with Gasteiger partial charge in [-0.2, -0.15) is 15.0 Å². The molecule has 3 aliphatic rings. The van der Waals surface area contributed by atoms with Crippen molar-refractivity contribution < 1.29 is 15.3 Å². The molecule has 0 aliphatic carbocycles. The van der Waals surface area contributed by atoms with Gasteiger partial charge >= 0.3 is 0 Å². The highest BCUT2D eigenvalue weighted by Gasteiger charge is 2.43. The van der Waals surface area contributed by atoms with Crippen molar-refractivity contribution in [3.05, 3.63) is 0 Å². The highest BCUT2D eigenvalue weighted by Crippen LogP contribution is 2.39. The Morgan fingerprint density at radius 3 is 0.877 bits per heavy atom. The molecule has 12 heteroatoms. The van der Waals surface area contributed by atoms with Gasteiger partial charge in [0.15, 0.2) is 0 Å². The summed E-state index contributed by atoms with van der Waals surface area (Å²) in [4.78, 5) is 24.4. The van der Waals surface area contributed by atoms with Gasteiger partial charge in [0.1, 0.15) is 0 Å². The fourth-order valence-electron chi connectivity index (χ4n) is 10.3. The van der Waals surface area contributed by atoms with Gasteiger partial charge in [-0.3, -0.25) is 0 Å². The van der Waals surface area contributed by atoms with Crippen LogP contribution in [0.3, 0.4) is 0 Å². The lowest BCUT2D eigenvalue weighted by Crippen LogP contribution is -2.59. The molecule has 0 spiro atoms. The second kappa shape index (κ2) is 19.7. The number of aliphatic hydroxyl groups is 3. The molecule has 0 amide bonds. The molecule has 9 unspecified atom stereocenters. The molecular weight excluding hydrogens is 715 g/mol. The number of hydrogen-bond donors (Lipinski definition) is 6. The maximum absolute atomic E-state index is 11.1. The van der Waals surface area contributed by atoms with Crippen LogP contribution in [0.5, 0.6) is 0 Å². The monoisotopic (exact) mass is 802 g/mol. The summed E-state index contributed by atoms with van der Waals surface area (Å²) in [5.74, 6) is 2.69. The van der Waals surface area contributed by atoms with Gasteiger partial charge in [-0.05, 0) is 157 Å². The first-order chi connectivity index (χ1) is 26.4. The van der Waals surface area contributed by atoms with Crippen molar-refractivity contribution in [2.45, 2.75) is 233 Å². The molecule has 0 saturated carbocycles. The van der Waals surface area contributed by atoms with Crippen molar-refractivity contribution >= 4 is 17.8 Å². The van der Waals surface area contributed by atoms with E-state index >= 15 is 0 Å². The lowest BCUT2D eigenvalue weighted by Gasteiger charge is -2.49. The third kappa shape index (κ3) is 13.1. The first-order valence-electron chi connectivity index (χ1n) is 22.8. The average Bonchev–Trinajstić information content (AvgIpc) is 3.05. The van der Waals surface area contributed by atoms with Crippen LogP contribution < -0.4 is 30.7 Å². The summed E-state index contributed by atoms with van der Waals surface area (Å²) < 4.78 is 0. The van der Waals surface area contributed by atoms with Crippen molar-refractivity contribution in [1.82, 2.24) is 30.9 Å². The Bertz CT molecular complexity index is 1210. The summed E-state index contributed by atoms with van der Waals surface area (Å²) in [5, 5.41) is 44.4. The van der Waals surface area contributed by atoms with Crippen LogP contribution in [0.4, 0.5) is 17.8 Å². The third-order valence-corrected chi connectivity index (χ3v) is 13.1. The topological polar surface area (TPSA) is 145 Å². The zero-order valence-corrected chi connectivity index (χ0v) is 38.9. The van der Waals surface area contributed by atoms with Gasteiger partial charge in [-0.25, -0.2) is 0 Å². The Hall–Kier alpha value is -1.83. The molecule has 4 heterocycles. The second-order valence-electron chi connectivity index (χ2n) is 21.5. The van der Waals surface area contributed by atoms with E-state index in [1.807, 2.05) is 20.8 Å². The standard InChI is InChI=1S/C45H87N9O3/c1-28(2)37(22-31(7)55)52(34-16-19-46-43(10,11)25-34)40-49-41(53(38(29(3)4)23-32(8)56)35-17-20-47-44(12,13)26-35)51-42(50-40)54(39(30(5)6)24-33(9)57)36-18-21-48-45(14,15)27-36/h28-39,46-48,55-57H,16-27H2,1-15H3. The van der Waals surface area contributed by atoms with Crippen LogP contribution in [0, 0.1) is 17.8 Å². The molecule has 9 atom stereocenters. The van der Waals surface area contributed by atoms with Gasteiger partial charge in [0.05, 0.1) is 18.3 Å². The van der Waals surface area contributed by atoms with E-state index < -0.39 is 18.3 Å². The van der Waals surface area contributed by atoms with Crippen LogP contribution in [-0.2, 0) is 0 Å². The number of rotatable bonds is 18. The maximum Gasteiger partial charge on any atom is 0.232 e. The molecule has 1 aromatic heterocycles. The normalized spacial score (nSPS) is 26.8. The van der Waals surface area contributed by atoms with E-state index in [0.717, 1.165) is 58.2 Å². The molecule has 3 aliphatic heterocycles. The Kier molecular flexibility index (Phi) is 16.5. The number of piperidine rings is 3. The number of nitrogens with zero attached hydrogens (tertiary/aromatic N) is 6. The zero-order valence-electron chi connectivity index (χ0n) is 38.9. The van der Waals surface area contributed by atoms with E-state index in [0.29, 0.717) is 37.1 Å². The predicted octanol–water partition coefficient (Wildman–Crippen LogP) is 6.27. The minimum Gasteiger partial charge on any atom is -0.393 e. The van der Waals surface area contributed by atoms with Crippen molar-refractivity contribution in [2.24, 2.45) is 17.8 Å². The molecule has 0 radical (unpaired) electrons. The van der Waals surface area contributed by atoms with E-state index in [4.69, 9.17) is 15.0 Å². The van der Waals surface area contributed by atoms with E-state index in [2.05, 4.69) is 114 Å². The van der Waals surface area contributed by atoms with Crippen LogP contribution in [0.1, 0.15) is 162 Å². The van der Waals surface area contributed by atoms with Gasteiger partial charge in [0.25, 0.3) is 0 Å². The van der Waals surface area contributed by atoms with E-state index in [1.165, 1.54) is 0 Å². The fourth-order valence-corrected chi connectivity index (χ4v) is 10.3. The van der Waals surface area contributed by atoms with Gasteiger partial charge in [-0.1, -0.05) is 41.5 Å². The number of hydrogen-bond acceptors (Lipinski definition) is 12. The Labute approximate surface area is 348 Å². The highest BCUT2D eigenvalue weighted by atomic mass is 16.3. The Morgan fingerprint density at radius 2 is 0.702 bits per heavy atom. The minimum atomic E-state index is -0.495. The van der Waals surface area contributed by atoms with Gasteiger partial charge in [-0.15, -0.1) is 0 Å². The van der Waals surface area contributed by atoms with Gasteiger partial charge in [0, 0.05) is 52.9 Å². The average molecular weight is 802 g/mol. The summed E-state index contributed by atoms with van der Waals surface area (Å²) >= 11 is 0. The molecule has 12 nitrogen and oxygen atoms in total. The van der Waals surface area contributed by atoms with Crippen LogP contribution in [0.2, 0.25) is 0 Å². The Morgan fingerprint density at radius 1 is 0.474 bits per heavy atom. The molecule has 4 rings (SSSR count). The first kappa shape index (κ1) is 47.8. The van der Waals surface area contributed by atoms with Crippen LogP contribution in [-0.4, -0.2) is 121 Å². The number of anilines is 3. The molecule has 3 saturated heterocycles. The van der Waals surface area contributed by atoms with Crippen LogP contribution in [0.25, 0.3) is 0 Å². The van der Waals surface area contributed by atoms with E-state index in [-0.39, 0.29) is 70.6 Å². The molecule has 330 valence electrons. The molecule has 0 bridgehead atoms.